The highest BCUT2D eigenvalue weighted by molar-refractivity contribution is 7.12. The summed E-state index contributed by atoms with van der Waals surface area (Å²) in [6.07, 6.45) is 0. The molecule has 3 aromatic rings. The van der Waals surface area contributed by atoms with Crippen LogP contribution in [0.2, 0.25) is 0 Å². The standard InChI is InChI=1S/C14H13N3OS/c1-9-15-11-8-10(5-6-12(11)17(9)2)16-14(18)13-4-3-7-19-13/h3-8H,1-2H3,(H,16,18). The van der Waals surface area contributed by atoms with E-state index in [1.54, 1.807) is 0 Å². The molecule has 0 aliphatic heterocycles. The van der Waals surface area contributed by atoms with Crippen molar-refractivity contribution in [2.75, 3.05) is 5.32 Å². The average molecular weight is 271 g/mol. The number of nitrogens with one attached hydrogen (secondary N) is 1. The van der Waals surface area contributed by atoms with Crippen molar-refractivity contribution in [1.82, 2.24) is 9.55 Å². The number of amides is 1. The van der Waals surface area contributed by atoms with Crippen molar-refractivity contribution in [1.29, 1.82) is 0 Å². The maximum absolute atomic E-state index is 12.0. The van der Waals surface area contributed by atoms with Gasteiger partial charge in [-0.3, -0.25) is 4.79 Å². The van der Waals surface area contributed by atoms with Gasteiger partial charge in [0.15, 0.2) is 0 Å². The van der Waals surface area contributed by atoms with E-state index in [4.69, 9.17) is 0 Å². The van der Waals surface area contributed by atoms with Crippen molar-refractivity contribution in [2.45, 2.75) is 6.92 Å². The van der Waals surface area contributed by atoms with Crippen LogP contribution in [0.1, 0.15) is 15.5 Å². The van der Waals surface area contributed by atoms with Crippen LogP contribution in [0.3, 0.4) is 0 Å². The third-order valence-corrected chi connectivity index (χ3v) is 3.98. The first-order chi connectivity index (χ1) is 9.15. The summed E-state index contributed by atoms with van der Waals surface area (Å²) in [7, 11) is 1.98. The molecule has 0 aliphatic rings. The van der Waals surface area contributed by atoms with Crippen molar-refractivity contribution in [3.63, 3.8) is 0 Å². The monoisotopic (exact) mass is 271 g/mol. The number of carbonyl (C=O) groups is 1. The molecule has 5 heteroatoms. The number of aromatic nitrogens is 2. The topological polar surface area (TPSA) is 46.9 Å². The summed E-state index contributed by atoms with van der Waals surface area (Å²) in [5.41, 5.74) is 2.72. The van der Waals surface area contributed by atoms with Crippen LogP contribution in [-0.4, -0.2) is 15.5 Å². The Hall–Kier alpha value is -2.14. The number of anilines is 1. The summed E-state index contributed by atoms with van der Waals surface area (Å²) in [5, 5.41) is 4.78. The molecule has 0 radical (unpaired) electrons. The van der Waals surface area contributed by atoms with Crippen molar-refractivity contribution in [2.24, 2.45) is 7.05 Å². The maximum Gasteiger partial charge on any atom is 0.265 e. The Morgan fingerprint density at radius 2 is 2.21 bits per heavy atom. The van der Waals surface area contributed by atoms with Crippen LogP contribution in [0.4, 0.5) is 5.69 Å². The van der Waals surface area contributed by atoms with Crippen LogP contribution in [0.5, 0.6) is 0 Å². The van der Waals surface area contributed by atoms with E-state index in [-0.39, 0.29) is 5.91 Å². The van der Waals surface area contributed by atoms with Gasteiger partial charge in [-0.05, 0) is 36.6 Å². The molecule has 1 amide bonds. The molecule has 2 heterocycles. The summed E-state index contributed by atoms with van der Waals surface area (Å²) in [6, 6.07) is 9.44. The third kappa shape index (κ3) is 2.13. The van der Waals surface area contributed by atoms with E-state index in [1.165, 1.54) is 11.3 Å². The van der Waals surface area contributed by atoms with Gasteiger partial charge >= 0.3 is 0 Å². The Morgan fingerprint density at radius 1 is 1.37 bits per heavy atom. The summed E-state index contributed by atoms with van der Waals surface area (Å²) in [4.78, 5) is 17.1. The number of imidazole rings is 1. The lowest BCUT2D eigenvalue weighted by Gasteiger charge is -2.03. The number of nitrogens with zero attached hydrogens (tertiary/aromatic N) is 2. The molecule has 96 valence electrons. The summed E-state index contributed by atoms with van der Waals surface area (Å²) in [6.45, 7) is 1.96. The van der Waals surface area contributed by atoms with Crippen molar-refractivity contribution in [3.8, 4) is 0 Å². The molecule has 0 saturated carbocycles. The maximum atomic E-state index is 12.0. The minimum absolute atomic E-state index is 0.0815. The number of aryl methyl sites for hydroxylation is 2. The van der Waals surface area contributed by atoms with Crippen molar-refractivity contribution >= 4 is 34.0 Å². The van der Waals surface area contributed by atoms with Crippen molar-refractivity contribution < 1.29 is 4.79 Å². The minimum atomic E-state index is -0.0815. The second-order valence-electron chi connectivity index (χ2n) is 4.35. The molecule has 3 rings (SSSR count). The second-order valence-corrected chi connectivity index (χ2v) is 5.30. The molecule has 0 saturated heterocycles. The molecular weight excluding hydrogens is 258 g/mol. The number of hydrogen-bond acceptors (Lipinski definition) is 3. The van der Waals surface area contributed by atoms with Gasteiger partial charge in [-0.25, -0.2) is 4.98 Å². The van der Waals surface area contributed by atoms with Gasteiger partial charge in [-0.15, -0.1) is 11.3 Å². The highest BCUT2D eigenvalue weighted by Gasteiger charge is 2.09. The molecule has 4 nitrogen and oxygen atoms in total. The quantitative estimate of drug-likeness (QED) is 0.778. The Labute approximate surface area is 114 Å². The summed E-state index contributed by atoms with van der Waals surface area (Å²) >= 11 is 1.43. The third-order valence-electron chi connectivity index (χ3n) is 3.11. The van der Waals surface area contributed by atoms with Crippen molar-refractivity contribution in [3.05, 3.63) is 46.4 Å². The molecule has 2 aromatic heterocycles. The Bertz CT molecular complexity index is 743. The summed E-state index contributed by atoms with van der Waals surface area (Å²) in [5.74, 6) is 0.874. The van der Waals surface area contributed by atoms with E-state index in [0.29, 0.717) is 4.88 Å². The van der Waals surface area contributed by atoms with Gasteiger partial charge in [0, 0.05) is 12.7 Å². The lowest BCUT2D eigenvalue weighted by molar-refractivity contribution is 0.103. The van der Waals surface area contributed by atoms with E-state index < -0.39 is 0 Å². The van der Waals surface area contributed by atoms with E-state index in [2.05, 4.69) is 10.3 Å². The predicted molar refractivity (Wildman–Crippen MR) is 77.7 cm³/mol. The number of thiophene rings is 1. The van der Waals surface area contributed by atoms with Gasteiger partial charge < -0.3 is 9.88 Å². The Balaban J connectivity index is 1.92. The molecule has 1 aromatic carbocycles. The molecule has 0 atom stereocenters. The van der Waals surface area contributed by atoms with Gasteiger partial charge in [0.05, 0.1) is 15.9 Å². The molecule has 0 aliphatic carbocycles. The fourth-order valence-corrected chi connectivity index (χ4v) is 2.62. The van der Waals surface area contributed by atoms with E-state index in [9.17, 15) is 4.79 Å². The highest BCUT2D eigenvalue weighted by atomic mass is 32.1. The van der Waals surface area contributed by atoms with E-state index in [1.807, 2.05) is 54.3 Å². The number of hydrogen-bond donors (Lipinski definition) is 1. The van der Waals surface area contributed by atoms with E-state index in [0.717, 1.165) is 22.5 Å². The molecule has 19 heavy (non-hydrogen) atoms. The SMILES string of the molecule is Cc1nc2cc(NC(=O)c3cccs3)ccc2n1C. The van der Waals surface area contributed by atoms with Gasteiger partial charge in [0.1, 0.15) is 5.82 Å². The van der Waals surface area contributed by atoms with E-state index >= 15 is 0 Å². The lowest BCUT2D eigenvalue weighted by Crippen LogP contribution is -2.09. The zero-order valence-corrected chi connectivity index (χ0v) is 11.5. The zero-order valence-electron chi connectivity index (χ0n) is 10.7. The Morgan fingerprint density at radius 3 is 2.95 bits per heavy atom. The van der Waals surface area contributed by atoms with Crippen LogP contribution < -0.4 is 5.32 Å². The predicted octanol–water partition coefficient (Wildman–Crippen LogP) is 3.20. The Kier molecular flexibility index (Phi) is 2.83. The average Bonchev–Trinajstić information content (AvgIpc) is 2.99. The molecule has 0 bridgehead atoms. The first kappa shape index (κ1) is 11.9. The smallest absolute Gasteiger partial charge is 0.265 e. The largest absolute Gasteiger partial charge is 0.331 e. The molecular formula is C14H13N3OS. The fourth-order valence-electron chi connectivity index (χ4n) is 2.00. The molecule has 0 spiro atoms. The fraction of sp³-hybridized carbons (Fsp3) is 0.143. The number of benzene rings is 1. The summed E-state index contributed by atoms with van der Waals surface area (Å²) < 4.78 is 2.03. The minimum Gasteiger partial charge on any atom is -0.331 e. The first-order valence-electron chi connectivity index (χ1n) is 5.93. The van der Waals surface area contributed by atoms with Crippen LogP contribution in [0.15, 0.2) is 35.7 Å². The van der Waals surface area contributed by atoms with Gasteiger partial charge in [0.2, 0.25) is 0 Å². The van der Waals surface area contributed by atoms with Gasteiger partial charge in [-0.1, -0.05) is 6.07 Å². The van der Waals surface area contributed by atoms with Gasteiger partial charge in [0.25, 0.3) is 5.91 Å². The van der Waals surface area contributed by atoms with Crippen LogP contribution in [0, 0.1) is 6.92 Å². The first-order valence-corrected chi connectivity index (χ1v) is 6.81. The number of rotatable bonds is 2. The second kappa shape index (κ2) is 4.51. The highest BCUT2D eigenvalue weighted by Crippen LogP contribution is 2.20. The normalized spacial score (nSPS) is 10.8. The van der Waals surface area contributed by atoms with Crippen LogP contribution in [-0.2, 0) is 7.05 Å². The number of carbonyl (C=O) groups excluding carboxylic acids is 1. The zero-order chi connectivity index (χ0) is 13.4. The lowest BCUT2D eigenvalue weighted by atomic mass is 10.2. The van der Waals surface area contributed by atoms with Crippen LogP contribution >= 0.6 is 11.3 Å². The van der Waals surface area contributed by atoms with Gasteiger partial charge in [-0.2, -0.15) is 0 Å². The molecule has 0 unspecified atom stereocenters. The number of fused-ring (bicyclic) bond motifs is 1. The molecule has 0 fully saturated rings. The van der Waals surface area contributed by atoms with Crippen LogP contribution in [0.25, 0.3) is 11.0 Å². The molecule has 1 N–H and O–H groups in total.